The molecular weight excluding hydrogens is 357 g/mol. The van der Waals surface area contributed by atoms with E-state index in [0.29, 0.717) is 18.1 Å². The van der Waals surface area contributed by atoms with E-state index >= 15 is 0 Å². The van der Waals surface area contributed by atoms with E-state index < -0.39 is 17.7 Å². The molecule has 10 heteroatoms. The number of aromatic nitrogens is 3. The van der Waals surface area contributed by atoms with Crippen molar-refractivity contribution >= 4 is 23.4 Å². The smallest absolute Gasteiger partial charge is 0.416 e. The maximum absolute atomic E-state index is 12.6. The fourth-order valence-corrected chi connectivity index (χ4v) is 3.79. The standard InChI is InChI=1S/C15H15F3N4O2S/c16-15(17,18)9-1-3-10(4-2-9)22-7-5-11(6-8-22)25-13-12(14(23)24)19-21-20-13/h1-4,11H,5-8H2,(H,23,24)(H,19,20,21). The van der Waals surface area contributed by atoms with Crippen molar-refractivity contribution < 1.29 is 23.1 Å². The first-order valence-corrected chi connectivity index (χ1v) is 8.45. The summed E-state index contributed by atoms with van der Waals surface area (Å²) in [6, 6.07) is 5.14. The third kappa shape index (κ3) is 4.06. The highest BCUT2D eigenvalue weighted by molar-refractivity contribution is 7.99. The lowest BCUT2D eigenvalue weighted by molar-refractivity contribution is -0.137. The molecular formula is C15H15F3N4O2S. The minimum atomic E-state index is -4.33. The average molecular weight is 372 g/mol. The van der Waals surface area contributed by atoms with Crippen LogP contribution in [0, 0.1) is 0 Å². The van der Waals surface area contributed by atoms with Crippen LogP contribution in [-0.4, -0.2) is 44.8 Å². The highest BCUT2D eigenvalue weighted by atomic mass is 32.2. The molecule has 2 N–H and O–H groups in total. The fourth-order valence-electron chi connectivity index (χ4n) is 2.69. The molecule has 1 aromatic carbocycles. The molecule has 6 nitrogen and oxygen atoms in total. The second-order valence-corrected chi connectivity index (χ2v) is 6.92. The number of halogens is 3. The lowest BCUT2D eigenvalue weighted by Gasteiger charge is -2.33. The monoisotopic (exact) mass is 372 g/mol. The van der Waals surface area contributed by atoms with Crippen molar-refractivity contribution in [3.8, 4) is 0 Å². The topological polar surface area (TPSA) is 82.1 Å². The van der Waals surface area contributed by atoms with Gasteiger partial charge >= 0.3 is 12.1 Å². The van der Waals surface area contributed by atoms with Crippen LogP contribution in [0.1, 0.15) is 28.9 Å². The van der Waals surface area contributed by atoms with Crippen molar-refractivity contribution in [1.29, 1.82) is 0 Å². The zero-order chi connectivity index (χ0) is 18.0. The number of thioether (sulfide) groups is 1. The molecule has 1 aliphatic heterocycles. The molecule has 0 bridgehead atoms. The number of hydrogen-bond donors (Lipinski definition) is 2. The second-order valence-electron chi connectivity index (χ2n) is 5.63. The Hall–Kier alpha value is -2.23. The van der Waals surface area contributed by atoms with Crippen molar-refractivity contribution in [3.05, 3.63) is 35.5 Å². The first-order chi connectivity index (χ1) is 11.8. The number of nitrogens with one attached hydrogen (secondary N) is 1. The Morgan fingerprint density at radius 1 is 1.20 bits per heavy atom. The normalized spacial score (nSPS) is 16.2. The van der Waals surface area contributed by atoms with E-state index in [4.69, 9.17) is 5.11 Å². The summed E-state index contributed by atoms with van der Waals surface area (Å²) in [6.07, 6.45) is -2.78. The third-order valence-corrected chi connectivity index (χ3v) is 5.31. The van der Waals surface area contributed by atoms with Crippen molar-refractivity contribution in [1.82, 2.24) is 15.4 Å². The van der Waals surface area contributed by atoms with Crippen LogP contribution in [-0.2, 0) is 6.18 Å². The number of benzene rings is 1. The van der Waals surface area contributed by atoms with Gasteiger partial charge in [0.15, 0.2) is 5.03 Å². The number of alkyl halides is 3. The molecule has 1 aliphatic rings. The van der Waals surface area contributed by atoms with Gasteiger partial charge in [0.05, 0.1) is 5.56 Å². The molecule has 0 radical (unpaired) electrons. The number of hydrogen-bond acceptors (Lipinski definition) is 5. The summed E-state index contributed by atoms with van der Waals surface area (Å²) in [5.74, 6) is -1.13. The number of nitrogens with zero attached hydrogens (tertiary/aromatic N) is 3. The van der Waals surface area contributed by atoms with Crippen molar-refractivity contribution in [2.45, 2.75) is 29.3 Å². The number of aromatic amines is 1. The number of carbonyl (C=O) groups is 1. The Bertz CT molecular complexity index is 740. The predicted octanol–water partition coefficient (Wildman–Crippen LogP) is 3.28. The molecule has 2 heterocycles. The van der Waals surface area contributed by atoms with Crippen LogP contribution in [0.4, 0.5) is 18.9 Å². The van der Waals surface area contributed by atoms with Crippen LogP contribution in [0.3, 0.4) is 0 Å². The molecule has 0 atom stereocenters. The lowest BCUT2D eigenvalue weighted by Crippen LogP contribution is -2.34. The second kappa shape index (κ2) is 6.95. The van der Waals surface area contributed by atoms with Crippen LogP contribution < -0.4 is 4.90 Å². The van der Waals surface area contributed by atoms with E-state index in [1.165, 1.54) is 23.9 Å². The van der Waals surface area contributed by atoms with E-state index in [2.05, 4.69) is 15.4 Å². The molecule has 0 unspecified atom stereocenters. The maximum atomic E-state index is 12.6. The van der Waals surface area contributed by atoms with Crippen molar-refractivity contribution in [2.75, 3.05) is 18.0 Å². The van der Waals surface area contributed by atoms with Gasteiger partial charge in [0, 0.05) is 24.0 Å². The van der Waals surface area contributed by atoms with Crippen molar-refractivity contribution in [3.63, 3.8) is 0 Å². The number of aromatic carboxylic acids is 1. The molecule has 0 saturated carbocycles. The summed E-state index contributed by atoms with van der Waals surface area (Å²) in [7, 11) is 0. The Morgan fingerprint density at radius 2 is 1.84 bits per heavy atom. The van der Waals surface area contributed by atoms with Crippen LogP contribution in [0.2, 0.25) is 0 Å². The van der Waals surface area contributed by atoms with Gasteiger partial charge < -0.3 is 10.0 Å². The van der Waals surface area contributed by atoms with Crippen LogP contribution >= 0.6 is 11.8 Å². The summed E-state index contributed by atoms with van der Waals surface area (Å²) >= 11 is 1.37. The number of piperidine rings is 1. The van der Waals surface area contributed by atoms with E-state index in [1.807, 2.05) is 4.90 Å². The van der Waals surface area contributed by atoms with Crippen LogP contribution in [0.25, 0.3) is 0 Å². The van der Waals surface area contributed by atoms with Gasteiger partial charge in [-0.05, 0) is 37.1 Å². The molecule has 25 heavy (non-hydrogen) atoms. The summed E-state index contributed by atoms with van der Waals surface area (Å²) in [6.45, 7) is 1.37. The number of H-pyrrole nitrogens is 1. The van der Waals surface area contributed by atoms with Gasteiger partial charge in [-0.2, -0.15) is 18.4 Å². The molecule has 0 spiro atoms. The molecule has 1 fully saturated rings. The van der Waals surface area contributed by atoms with Gasteiger partial charge in [-0.15, -0.1) is 10.2 Å². The van der Waals surface area contributed by atoms with E-state index in [0.717, 1.165) is 30.7 Å². The Labute approximate surface area is 145 Å². The average Bonchev–Trinajstić information content (AvgIpc) is 3.03. The lowest BCUT2D eigenvalue weighted by atomic mass is 10.1. The Balaban J connectivity index is 1.58. The van der Waals surface area contributed by atoms with E-state index in [-0.39, 0.29) is 10.9 Å². The molecule has 1 aromatic heterocycles. The highest BCUT2D eigenvalue weighted by Crippen LogP contribution is 2.34. The quantitative estimate of drug-likeness (QED) is 0.857. The molecule has 134 valence electrons. The minimum Gasteiger partial charge on any atom is -0.476 e. The molecule has 0 aliphatic carbocycles. The maximum Gasteiger partial charge on any atom is 0.416 e. The number of rotatable bonds is 4. The van der Waals surface area contributed by atoms with Crippen LogP contribution in [0.15, 0.2) is 29.3 Å². The van der Waals surface area contributed by atoms with Gasteiger partial charge in [-0.1, -0.05) is 11.8 Å². The predicted molar refractivity (Wildman–Crippen MR) is 85.9 cm³/mol. The Kier molecular flexibility index (Phi) is 4.89. The first-order valence-electron chi connectivity index (χ1n) is 7.57. The summed E-state index contributed by atoms with van der Waals surface area (Å²) in [4.78, 5) is 13.1. The summed E-state index contributed by atoms with van der Waals surface area (Å²) in [5.41, 5.74) is 0.00760. The molecule has 1 saturated heterocycles. The van der Waals surface area contributed by atoms with Crippen LogP contribution in [0.5, 0.6) is 0 Å². The highest BCUT2D eigenvalue weighted by Gasteiger charge is 2.30. The number of carboxylic acid groups (broad SMARTS) is 1. The molecule has 2 aromatic rings. The van der Waals surface area contributed by atoms with Gasteiger partial charge in [0.1, 0.15) is 0 Å². The first kappa shape index (κ1) is 17.6. The summed E-state index contributed by atoms with van der Waals surface area (Å²) < 4.78 is 37.8. The molecule has 3 rings (SSSR count). The fraction of sp³-hybridized carbons (Fsp3) is 0.400. The molecule has 0 amide bonds. The van der Waals surface area contributed by atoms with Gasteiger partial charge in [-0.3, -0.25) is 0 Å². The zero-order valence-corrected chi connectivity index (χ0v) is 13.8. The van der Waals surface area contributed by atoms with Gasteiger partial charge in [0.25, 0.3) is 0 Å². The largest absolute Gasteiger partial charge is 0.476 e. The SMILES string of the molecule is O=C(O)c1n[nH]nc1SC1CCN(c2ccc(C(F)(F)F)cc2)CC1. The van der Waals surface area contributed by atoms with Gasteiger partial charge in [0.2, 0.25) is 5.69 Å². The third-order valence-electron chi connectivity index (χ3n) is 4.00. The van der Waals surface area contributed by atoms with Crippen molar-refractivity contribution in [2.24, 2.45) is 0 Å². The van der Waals surface area contributed by atoms with E-state index in [1.54, 1.807) is 0 Å². The minimum absolute atomic E-state index is 0.0878. The van der Waals surface area contributed by atoms with E-state index in [9.17, 15) is 18.0 Å². The summed E-state index contributed by atoms with van der Waals surface area (Å²) in [5, 5.41) is 19.4. The van der Waals surface area contributed by atoms with Gasteiger partial charge in [-0.25, -0.2) is 4.79 Å². The number of carboxylic acids is 1. The number of anilines is 1. The Morgan fingerprint density at radius 3 is 2.40 bits per heavy atom. The zero-order valence-electron chi connectivity index (χ0n) is 13.0.